The first-order valence-corrected chi connectivity index (χ1v) is 11.4. The average molecular weight is 389 g/mol. The van der Waals surface area contributed by atoms with Gasteiger partial charge in [0.25, 0.3) is 0 Å². The minimum absolute atomic E-state index is 0.0434. The number of hydrogen-bond donors (Lipinski definition) is 2. The van der Waals surface area contributed by atoms with Crippen molar-refractivity contribution in [2.24, 2.45) is 40.4 Å². The van der Waals surface area contributed by atoms with Crippen molar-refractivity contribution < 1.29 is 19.7 Å². The molecule has 10 atom stereocenters. The van der Waals surface area contributed by atoms with Gasteiger partial charge in [-0.2, -0.15) is 0 Å². The molecule has 0 radical (unpaired) electrons. The van der Waals surface area contributed by atoms with Crippen molar-refractivity contribution in [2.45, 2.75) is 90.4 Å². The Kier molecular flexibility index (Phi) is 3.99. The third kappa shape index (κ3) is 2.22. The van der Waals surface area contributed by atoms with Gasteiger partial charge >= 0.3 is 5.97 Å². The molecule has 4 nitrogen and oxygen atoms in total. The van der Waals surface area contributed by atoms with Crippen LogP contribution in [0.2, 0.25) is 0 Å². The maximum Gasteiger partial charge on any atom is 0.302 e. The zero-order valence-corrected chi connectivity index (χ0v) is 17.8. The number of carbonyl (C=O) groups excluding carboxylic acids is 1. The van der Waals surface area contributed by atoms with Crippen molar-refractivity contribution in [3.63, 3.8) is 0 Å². The second-order valence-electron chi connectivity index (χ2n) is 11.1. The maximum absolute atomic E-state index is 11.6. The normalized spacial score (nSPS) is 55.1. The third-order valence-corrected chi connectivity index (χ3v) is 10.1. The molecule has 0 spiro atoms. The van der Waals surface area contributed by atoms with E-state index in [0.717, 1.165) is 44.9 Å². The summed E-state index contributed by atoms with van der Waals surface area (Å²) in [5.41, 5.74) is 0.639. The van der Waals surface area contributed by atoms with Crippen molar-refractivity contribution >= 4 is 5.97 Å². The van der Waals surface area contributed by atoms with Crippen LogP contribution in [-0.2, 0) is 9.53 Å². The van der Waals surface area contributed by atoms with Crippen LogP contribution in [0.5, 0.6) is 0 Å². The lowest BCUT2D eigenvalue weighted by atomic mass is 9.45. The fourth-order valence-electron chi connectivity index (χ4n) is 8.80. The first kappa shape index (κ1) is 19.1. The molecule has 5 aliphatic rings. The van der Waals surface area contributed by atoms with E-state index in [0.29, 0.717) is 29.6 Å². The van der Waals surface area contributed by atoms with Gasteiger partial charge in [-0.25, -0.2) is 0 Å². The highest BCUT2D eigenvalue weighted by Crippen LogP contribution is 2.77. The molecule has 5 rings (SSSR count). The Labute approximate surface area is 168 Å². The van der Waals surface area contributed by atoms with Crippen molar-refractivity contribution in [1.82, 2.24) is 0 Å². The second-order valence-corrected chi connectivity index (χ2v) is 11.1. The van der Waals surface area contributed by atoms with Crippen molar-refractivity contribution in [1.29, 1.82) is 0 Å². The van der Waals surface area contributed by atoms with Gasteiger partial charge in [-0.15, -0.1) is 0 Å². The first-order chi connectivity index (χ1) is 13.1. The quantitative estimate of drug-likeness (QED) is 0.557. The van der Waals surface area contributed by atoms with E-state index < -0.39 is 11.7 Å². The van der Waals surface area contributed by atoms with Crippen LogP contribution in [0.1, 0.15) is 72.6 Å². The monoisotopic (exact) mass is 388 g/mol. The van der Waals surface area contributed by atoms with Crippen LogP contribution in [0, 0.1) is 40.4 Å². The number of aliphatic hydroxyl groups is 2. The Hall–Kier alpha value is -0.870. The number of aliphatic hydroxyl groups excluding tert-OH is 1. The zero-order valence-electron chi connectivity index (χ0n) is 17.8. The van der Waals surface area contributed by atoms with Gasteiger partial charge in [-0.1, -0.05) is 25.5 Å². The molecule has 0 aromatic carbocycles. The van der Waals surface area contributed by atoms with Gasteiger partial charge in [0.1, 0.15) is 6.10 Å². The molecular weight excluding hydrogens is 352 g/mol. The maximum atomic E-state index is 11.6. The standard InChI is InChI=1S/C24H36O4/c1-13(25)24(27)20-12-18(20)21-17-6-5-15-11-16(28-14(2)26)7-9-22(15,3)19(17)8-10-23(21,24)4/h5,13,16-21,25,27H,6-12H2,1-4H3/t13?,16-,17+,18-,19-,20+,21+,22-,23-,24+/m0/s1. The Balaban J connectivity index is 1.45. The number of carbonyl (C=O) groups is 1. The topological polar surface area (TPSA) is 66.8 Å². The van der Waals surface area contributed by atoms with Crippen molar-refractivity contribution in [3.8, 4) is 0 Å². The van der Waals surface area contributed by atoms with E-state index in [1.54, 1.807) is 6.92 Å². The Bertz CT molecular complexity index is 728. The van der Waals surface area contributed by atoms with E-state index in [4.69, 9.17) is 4.74 Å². The summed E-state index contributed by atoms with van der Waals surface area (Å²) in [4.78, 5) is 11.4. The predicted octanol–water partition coefficient (Wildman–Crippen LogP) is 3.85. The van der Waals surface area contributed by atoms with Crippen molar-refractivity contribution in [3.05, 3.63) is 11.6 Å². The van der Waals surface area contributed by atoms with E-state index in [1.165, 1.54) is 12.5 Å². The molecule has 0 bridgehead atoms. The molecule has 0 saturated heterocycles. The summed E-state index contributed by atoms with van der Waals surface area (Å²) in [7, 11) is 0. The molecule has 0 aromatic rings. The molecule has 4 fully saturated rings. The molecule has 28 heavy (non-hydrogen) atoms. The number of rotatable bonds is 2. The minimum Gasteiger partial charge on any atom is -0.462 e. The SMILES string of the molecule is CC(=O)O[C@H]1CC[C@@]2(C)C(=CC[C@H]3[C@@H]4[C@H]5C[C@H]5[C@](O)(C(C)O)[C@@]4(C)CC[C@@H]32)C1. The van der Waals surface area contributed by atoms with E-state index >= 15 is 0 Å². The molecular formula is C24H36O4. The van der Waals surface area contributed by atoms with E-state index in [-0.39, 0.29) is 22.9 Å². The summed E-state index contributed by atoms with van der Waals surface area (Å²) in [5, 5.41) is 22.2. The third-order valence-electron chi connectivity index (χ3n) is 10.1. The summed E-state index contributed by atoms with van der Waals surface area (Å²) < 4.78 is 5.54. The van der Waals surface area contributed by atoms with Gasteiger partial charge in [-0.05, 0) is 80.5 Å². The molecule has 156 valence electrons. The number of hydrogen-bond acceptors (Lipinski definition) is 4. The lowest BCUT2D eigenvalue weighted by Crippen LogP contribution is -2.60. The van der Waals surface area contributed by atoms with E-state index in [2.05, 4.69) is 19.9 Å². The van der Waals surface area contributed by atoms with Gasteiger partial charge in [-0.3, -0.25) is 4.79 Å². The molecule has 0 aliphatic heterocycles. The summed E-state index contributed by atoms with van der Waals surface area (Å²) in [5.74, 6) is 2.51. The zero-order chi connectivity index (χ0) is 20.1. The van der Waals surface area contributed by atoms with Crippen LogP contribution in [0.25, 0.3) is 0 Å². The van der Waals surface area contributed by atoms with Gasteiger partial charge < -0.3 is 14.9 Å². The minimum atomic E-state index is -0.912. The average Bonchev–Trinajstić information content (AvgIpc) is 3.37. The molecule has 0 aromatic heterocycles. The second kappa shape index (κ2) is 5.85. The lowest BCUT2D eigenvalue weighted by Gasteiger charge is -2.60. The van der Waals surface area contributed by atoms with Gasteiger partial charge in [0, 0.05) is 18.8 Å². The predicted molar refractivity (Wildman–Crippen MR) is 106 cm³/mol. The largest absolute Gasteiger partial charge is 0.462 e. The molecule has 4 heteroatoms. The summed E-state index contributed by atoms with van der Waals surface area (Å²) in [6.45, 7) is 8.02. The summed E-state index contributed by atoms with van der Waals surface area (Å²) in [6.07, 6.45) is 9.12. The van der Waals surface area contributed by atoms with Gasteiger partial charge in [0.2, 0.25) is 0 Å². The van der Waals surface area contributed by atoms with Crippen molar-refractivity contribution in [2.75, 3.05) is 0 Å². The van der Waals surface area contributed by atoms with E-state index in [1.807, 2.05) is 0 Å². The first-order valence-electron chi connectivity index (χ1n) is 11.4. The van der Waals surface area contributed by atoms with Gasteiger partial charge in [0.15, 0.2) is 0 Å². The number of ether oxygens (including phenoxy) is 1. The van der Waals surface area contributed by atoms with Crippen LogP contribution >= 0.6 is 0 Å². The molecule has 4 saturated carbocycles. The number of fused-ring (bicyclic) bond motifs is 7. The summed E-state index contributed by atoms with van der Waals surface area (Å²) >= 11 is 0. The van der Waals surface area contributed by atoms with Crippen LogP contribution in [0.3, 0.4) is 0 Å². The van der Waals surface area contributed by atoms with E-state index in [9.17, 15) is 15.0 Å². The molecule has 1 unspecified atom stereocenters. The van der Waals surface area contributed by atoms with Crippen LogP contribution in [-0.4, -0.2) is 34.0 Å². The molecule has 5 aliphatic carbocycles. The molecule has 0 amide bonds. The van der Waals surface area contributed by atoms with Crippen LogP contribution < -0.4 is 0 Å². The Morgan fingerprint density at radius 3 is 2.64 bits per heavy atom. The highest BCUT2D eigenvalue weighted by molar-refractivity contribution is 5.66. The Morgan fingerprint density at radius 2 is 1.96 bits per heavy atom. The number of allylic oxidation sites excluding steroid dienone is 1. The highest BCUT2D eigenvalue weighted by atomic mass is 16.5. The summed E-state index contributed by atoms with van der Waals surface area (Å²) in [6, 6.07) is 0. The molecule has 2 N–H and O–H groups in total. The molecule has 0 heterocycles. The fourth-order valence-corrected chi connectivity index (χ4v) is 8.80. The Morgan fingerprint density at radius 1 is 1.21 bits per heavy atom. The van der Waals surface area contributed by atoms with Crippen LogP contribution in [0.4, 0.5) is 0 Å². The number of esters is 1. The van der Waals surface area contributed by atoms with Gasteiger partial charge in [0.05, 0.1) is 11.7 Å². The highest BCUT2D eigenvalue weighted by Gasteiger charge is 2.77. The lowest BCUT2D eigenvalue weighted by molar-refractivity contribution is -0.189. The fraction of sp³-hybridized carbons (Fsp3) is 0.875. The smallest absolute Gasteiger partial charge is 0.302 e. The van der Waals surface area contributed by atoms with Crippen LogP contribution in [0.15, 0.2) is 11.6 Å².